The molecule has 9 rings (SSSR count). The molecule has 3 aliphatic heterocycles. The molecule has 0 radical (unpaired) electrons. The third kappa shape index (κ3) is 9.39. The Kier molecular flexibility index (Phi) is 12.1. The first kappa shape index (κ1) is 41.0. The summed E-state index contributed by atoms with van der Waals surface area (Å²) < 4.78 is 7.88. The fourth-order valence-corrected chi connectivity index (χ4v) is 9.07. The number of amides is 4. The number of nitrogens with zero attached hydrogens (tertiary/aromatic N) is 8. The Hall–Kier alpha value is -6.42. The van der Waals surface area contributed by atoms with Gasteiger partial charge in [0.15, 0.2) is 23.6 Å². The minimum Gasteiger partial charge on any atom is -0.484 e. The van der Waals surface area contributed by atoms with E-state index in [0.717, 1.165) is 101 Å². The van der Waals surface area contributed by atoms with Gasteiger partial charge in [-0.05, 0) is 112 Å². The van der Waals surface area contributed by atoms with Gasteiger partial charge in [-0.2, -0.15) is 0 Å². The molecule has 16 heteroatoms. The van der Waals surface area contributed by atoms with E-state index >= 15 is 0 Å². The number of aromatic nitrogens is 5. The first-order chi connectivity index (χ1) is 30.2. The van der Waals surface area contributed by atoms with Gasteiger partial charge in [-0.3, -0.25) is 29.4 Å². The number of imidazole rings is 1. The Morgan fingerprint density at radius 2 is 1.65 bits per heavy atom. The Labute approximate surface area is 360 Å². The van der Waals surface area contributed by atoms with E-state index in [1.807, 2.05) is 42.4 Å². The first-order valence-electron chi connectivity index (χ1n) is 21.8. The van der Waals surface area contributed by atoms with Crippen molar-refractivity contribution in [3.8, 4) is 5.75 Å². The second-order valence-electron chi connectivity index (χ2n) is 17.0. The van der Waals surface area contributed by atoms with Crippen LogP contribution in [0.25, 0.3) is 11.2 Å². The van der Waals surface area contributed by atoms with Crippen molar-refractivity contribution < 1.29 is 23.9 Å². The van der Waals surface area contributed by atoms with E-state index in [2.05, 4.69) is 74.5 Å². The normalized spacial score (nSPS) is 21.0. The number of benzene rings is 2. The predicted molar refractivity (Wildman–Crippen MR) is 233 cm³/mol. The number of aryl methyl sites for hydroxylation is 1. The SMILES string of the molecule is Cc1cccc(C(=O)NC2CC(n3cnc4c(Nc5ccc(N6CCN(CCC7CCN(C(=O)COc8ccc(C9CCC(=O)NC9=O)cc8)CC7)CC6)cc5)ncnc43)C2)n1. The van der Waals surface area contributed by atoms with E-state index in [0.29, 0.717) is 41.5 Å². The maximum Gasteiger partial charge on any atom is 0.270 e. The lowest BCUT2D eigenvalue weighted by Crippen LogP contribution is -2.47. The van der Waals surface area contributed by atoms with Gasteiger partial charge in [0.05, 0.1) is 12.2 Å². The molecule has 3 saturated heterocycles. The maximum atomic E-state index is 12.9. The van der Waals surface area contributed by atoms with Crippen molar-refractivity contribution in [2.45, 2.75) is 69.9 Å². The van der Waals surface area contributed by atoms with Crippen molar-refractivity contribution in [3.05, 3.63) is 96.3 Å². The lowest BCUT2D eigenvalue weighted by molar-refractivity contribution is -0.135. The minimum atomic E-state index is -0.341. The van der Waals surface area contributed by atoms with Crippen LogP contribution >= 0.6 is 0 Å². The van der Waals surface area contributed by atoms with Crippen LogP contribution in [0.2, 0.25) is 0 Å². The Balaban J connectivity index is 0.674. The molecule has 4 amide bonds. The fraction of sp³-hybridized carbons (Fsp3) is 0.435. The highest BCUT2D eigenvalue weighted by molar-refractivity contribution is 6.01. The molecule has 322 valence electrons. The zero-order valence-electron chi connectivity index (χ0n) is 35.0. The number of rotatable bonds is 13. The number of ether oxygens (including phenoxy) is 1. The number of piperidine rings is 2. The molecule has 0 bridgehead atoms. The third-order valence-electron chi connectivity index (χ3n) is 12.9. The first-order valence-corrected chi connectivity index (χ1v) is 21.8. The average Bonchev–Trinajstić information content (AvgIpc) is 3.71. The lowest BCUT2D eigenvalue weighted by Gasteiger charge is -2.37. The molecule has 4 fully saturated rings. The number of imide groups is 1. The number of carbonyl (C=O) groups is 4. The molecule has 1 unspecified atom stereocenters. The molecule has 3 aromatic heterocycles. The average molecular weight is 840 g/mol. The number of pyridine rings is 1. The monoisotopic (exact) mass is 839 g/mol. The molecule has 1 saturated carbocycles. The van der Waals surface area contributed by atoms with E-state index in [1.165, 1.54) is 5.69 Å². The van der Waals surface area contributed by atoms with Crippen LogP contribution in [-0.2, 0) is 14.4 Å². The van der Waals surface area contributed by atoms with Crippen LogP contribution in [0.15, 0.2) is 79.4 Å². The standard InChI is InChI=1S/C46H53N11O5/c1-30-3-2-4-39(50-30)46(61)52-34-25-36(26-34)57-29-49-42-43(47-28-48-44(42)57)51-33-7-9-35(10-8-33)55-23-21-54(22-24-55)18-15-31-16-19-56(20-17-31)41(59)27-62-37-11-5-32(6-12-37)38-13-14-40(58)53-45(38)60/h2-12,28-29,31,34,36,38H,13-27H2,1H3,(H,52,61)(H,47,48,51)(H,53,58,60). The van der Waals surface area contributed by atoms with Crippen molar-refractivity contribution in [3.63, 3.8) is 0 Å². The second-order valence-corrected chi connectivity index (χ2v) is 17.0. The summed E-state index contributed by atoms with van der Waals surface area (Å²) in [5, 5.41) is 8.95. The summed E-state index contributed by atoms with van der Waals surface area (Å²) in [6.07, 6.45) is 8.96. The molecule has 62 heavy (non-hydrogen) atoms. The highest BCUT2D eigenvalue weighted by Crippen LogP contribution is 2.36. The van der Waals surface area contributed by atoms with Crippen LogP contribution in [0.3, 0.4) is 0 Å². The number of carbonyl (C=O) groups excluding carboxylic acids is 4. The van der Waals surface area contributed by atoms with Crippen LogP contribution in [-0.4, -0.2) is 116 Å². The molecule has 3 N–H and O–H groups in total. The summed E-state index contributed by atoms with van der Waals surface area (Å²) >= 11 is 0. The van der Waals surface area contributed by atoms with E-state index < -0.39 is 0 Å². The molecule has 1 aliphatic carbocycles. The number of fused-ring (bicyclic) bond motifs is 1. The summed E-state index contributed by atoms with van der Waals surface area (Å²) in [6, 6.07) is 21.4. The number of anilines is 3. The van der Waals surface area contributed by atoms with Gasteiger partial charge in [0, 0.05) is 74.8 Å². The van der Waals surface area contributed by atoms with Crippen LogP contribution in [0.5, 0.6) is 5.75 Å². The van der Waals surface area contributed by atoms with E-state index in [1.54, 1.807) is 24.5 Å². The molecule has 2 aromatic carbocycles. The number of hydrogen-bond donors (Lipinski definition) is 3. The van der Waals surface area contributed by atoms with Crippen LogP contribution in [0.1, 0.15) is 78.7 Å². The zero-order chi connectivity index (χ0) is 42.6. The largest absolute Gasteiger partial charge is 0.484 e. The smallest absolute Gasteiger partial charge is 0.270 e. The molecule has 6 heterocycles. The van der Waals surface area contributed by atoms with Crippen molar-refractivity contribution >= 4 is 52.0 Å². The Morgan fingerprint density at radius 3 is 2.39 bits per heavy atom. The maximum absolute atomic E-state index is 12.9. The van der Waals surface area contributed by atoms with Crippen LogP contribution in [0, 0.1) is 12.8 Å². The summed E-state index contributed by atoms with van der Waals surface area (Å²) in [5.41, 5.74) is 5.70. The minimum absolute atomic E-state index is 0.00337. The van der Waals surface area contributed by atoms with Crippen LogP contribution < -0.4 is 25.6 Å². The van der Waals surface area contributed by atoms with Crippen molar-refractivity contribution in [2.75, 3.05) is 62.6 Å². The topological polar surface area (TPSA) is 180 Å². The van der Waals surface area contributed by atoms with Gasteiger partial charge < -0.3 is 29.7 Å². The lowest BCUT2D eigenvalue weighted by atomic mass is 9.86. The summed E-state index contributed by atoms with van der Waals surface area (Å²) in [7, 11) is 0. The fourth-order valence-electron chi connectivity index (χ4n) is 9.07. The van der Waals surface area contributed by atoms with Gasteiger partial charge in [-0.15, -0.1) is 0 Å². The Bertz CT molecular complexity index is 2400. The molecular weight excluding hydrogens is 787 g/mol. The van der Waals surface area contributed by atoms with Gasteiger partial charge in [0.1, 0.15) is 17.8 Å². The molecule has 5 aromatic rings. The van der Waals surface area contributed by atoms with Gasteiger partial charge >= 0.3 is 0 Å². The number of likely N-dealkylation sites (tertiary alicyclic amines) is 1. The number of hydrogen-bond acceptors (Lipinski definition) is 12. The van der Waals surface area contributed by atoms with Gasteiger partial charge in [0.25, 0.3) is 11.8 Å². The Morgan fingerprint density at radius 1 is 0.871 bits per heavy atom. The van der Waals surface area contributed by atoms with Gasteiger partial charge in [-0.1, -0.05) is 18.2 Å². The summed E-state index contributed by atoms with van der Waals surface area (Å²) in [6.45, 7) is 8.42. The van der Waals surface area contributed by atoms with Crippen molar-refractivity contribution in [1.82, 2.24) is 44.9 Å². The predicted octanol–water partition coefficient (Wildman–Crippen LogP) is 4.76. The third-order valence-corrected chi connectivity index (χ3v) is 12.9. The van der Waals surface area contributed by atoms with E-state index in [9.17, 15) is 19.2 Å². The van der Waals surface area contributed by atoms with Crippen LogP contribution in [0.4, 0.5) is 17.2 Å². The van der Waals surface area contributed by atoms with Crippen molar-refractivity contribution in [2.24, 2.45) is 5.92 Å². The van der Waals surface area contributed by atoms with Gasteiger partial charge in [-0.25, -0.2) is 19.9 Å². The number of nitrogens with one attached hydrogen (secondary N) is 3. The molecular formula is C46H53N11O5. The van der Waals surface area contributed by atoms with Crippen molar-refractivity contribution in [1.29, 1.82) is 0 Å². The van der Waals surface area contributed by atoms with E-state index in [4.69, 9.17) is 4.74 Å². The molecule has 16 nitrogen and oxygen atoms in total. The summed E-state index contributed by atoms with van der Waals surface area (Å²) in [5.74, 6) is 0.866. The highest BCUT2D eigenvalue weighted by atomic mass is 16.5. The highest BCUT2D eigenvalue weighted by Gasteiger charge is 2.34. The van der Waals surface area contributed by atoms with Gasteiger partial charge in [0.2, 0.25) is 11.8 Å². The second kappa shape index (κ2) is 18.3. The molecule has 0 spiro atoms. The summed E-state index contributed by atoms with van der Waals surface area (Å²) in [4.78, 5) is 74.3. The number of piperazine rings is 1. The molecule has 4 aliphatic rings. The van der Waals surface area contributed by atoms with E-state index in [-0.39, 0.29) is 48.2 Å². The zero-order valence-corrected chi connectivity index (χ0v) is 35.0. The quantitative estimate of drug-likeness (QED) is 0.139. The molecule has 1 atom stereocenters.